The Bertz CT molecular complexity index is 1480. The summed E-state index contributed by atoms with van der Waals surface area (Å²) in [5, 5.41) is 2.57. The highest BCUT2D eigenvalue weighted by Gasteiger charge is 2.19. The highest BCUT2D eigenvalue weighted by atomic mass is 16.1. The Hall–Kier alpha value is -4.06. The number of carbonyl (C=O) groups excluding carboxylic acids is 2. The van der Waals surface area contributed by atoms with Crippen molar-refractivity contribution in [2.75, 3.05) is 42.3 Å². The third-order valence-electron chi connectivity index (χ3n) is 8.10. The molecule has 0 saturated heterocycles. The SMILES string of the molecule is CCc1ccc(C[N+](C)(C)c2ccc(CC)cc2)cc1.CNC(=O)c1ccc(C(=O)CCc2ccc([N+](C)(C)C)cc2)cc1. The Morgan fingerprint density at radius 1 is 0.568 bits per heavy atom. The summed E-state index contributed by atoms with van der Waals surface area (Å²) in [6, 6.07) is 33.2. The second-order valence-electron chi connectivity index (χ2n) is 12.8. The van der Waals surface area contributed by atoms with Crippen LogP contribution in [0.25, 0.3) is 0 Å². The van der Waals surface area contributed by atoms with E-state index in [9.17, 15) is 9.59 Å². The molecule has 4 aromatic rings. The van der Waals surface area contributed by atoms with Gasteiger partial charge in [0.2, 0.25) is 0 Å². The van der Waals surface area contributed by atoms with E-state index in [2.05, 4.69) is 127 Å². The molecule has 0 heterocycles. The van der Waals surface area contributed by atoms with Crippen LogP contribution < -0.4 is 14.3 Å². The maximum atomic E-state index is 12.3. The van der Waals surface area contributed by atoms with Crippen LogP contribution in [0.15, 0.2) is 97.1 Å². The van der Waals surface area contributed by atoms with Crippen molar-refractivity contribution in [1.82, 2.24) is 14.3 Å². The summed E-state index contributed by atoms with van der Waals surface area (Å²) < 4.78 is 1.66. The van der Waals surface area contributed by atoms with E-state index in [0.29, 0.717) is 24.0 Å². The van der Waals surface area contributed by atoms with Crippen LogP contribution in [-0.2, 0) is 25.8 Å². The first-order chi connectivity index (χ1) is 20.9. The number of hydrogen-bond acceptors (Lipinski definition) is 2. The average molecular weight is 594 g/mol. The van der Waals surface area contributed by atoms with Crippen LogP contribution >= 0.6 is 0 Å². The molecule has 0 saturated carbocycles. The Kier molecular flexibility index (Phi) is 12.2. The van der Waals surface area contributed by atoms with Gasteiger partial charge in [0.25, 0.3) is 5.91 Å². The lowest BCUT2D eigenvalue weighted by atomic mass is 10.0. The monoisotopic (exact) mass is 593 g/mol. The van der Waals surface area contributed by atoms with Crippen molar-refractivity contribution in [1.29, 1.82) is 0 Å². The summed E-state index contributed by atoms with van der Waals surface area (Å²) in [7, 11) is 12.5. The zero-order chi connectivity index (χ0) is 32.3. The highest BCUT2D eigenvalue weighted by Crippen LogP contribution is 2.23. The molecule has 0 unspecified atom stereocenters. The van der Waals surface area contributed by atoms with Crippen molar-refractivity contribution in [3.05, 3.63) is 130 Å². The van der Waals surface area contributed by atoms with Crippen molar-refractivity contribution < 1.29 is 9.59 Å². The molecule has 232 valence electrons. The first-order valence-electron chi connectivity index (χ1n) is 15.6. The molecule has 5 heteroatoms. The van der Waals surface area contributed by atoms with E-state index in [1.807, 2.05) is 0 Å². The fraction of sp³-hybridized carbons (Fsp3) is 0.333. The number of quaternary nitrogens is 2. The van der Waals surface area contributed by atoms with Crippen molar-refractivity contribution in [3.63, 3.8) is 0 Å². The standard InChI is InChI=1S/C20H24N2O2.C19H26N/c1-21-20(24)17-10-8-16(9-11-17)19(23)14-7-15-5-12-18(13-6-15)22(2,3)4;1-5-16-7-9-18(10-8-16)15-20(3,4)19-13-11-17(6-2)12-14-19/h5-6,8-13H,7,14H2,1-4H3;7-14H,5-6,15H2,1-4H3/q;+1/p+1. The minimum Gasteiger partial charge on any atom is -0.355 e. The molecule has 0 fully saturated rings. The molecule has 0 spiro atoms. The molecule has 0 radical (unpaired) electrons. The summed E-state index contributed by atoms with van der Waals surface area (Å²) in [6.45, 7) is 5.42. The molecule has 0 aliphatic rings. The zero-order valence-corrected chi connectivity index (χ0v) is 28.0. The van der Waals surface area contributed by atoms with Crippen LogP contribution in [0.5, 0.6) is 0 Å². The van der Waals surface area contributed by atoms with Gasteiger partial charge >= 0.3 is 0 Å². The van der Waals surface area contributed by atoms with Gasteiger partial charge in [-0.1, -0.05) is 74.5 Å². The molecule has 1 amide bonds. The third kappa shape index (κ3) is 10.0. The first-order valence-corrected chi connectivity index (χ1v) is 15.6. The number of nitrogens with one attached hydrogen (secondary N) is 1. The first kappa shape index (κ1) is 34.4. The van der Waals surface area contributed by atoms with E-state index in [1.54, 1.807) is 31.3 Å². The molecular formula is C39H51N3O2+2. The Morgan fingerprint density at radius 3 is 1.48 bits per heavy atom. The molecule has 44 heavy (non-hydrogen) atoms. The summed E-state index contributed by atoms with van der Waals surface area (Å²) in [6.07, 6.45) is 3.39. The van der Waals surface area contributed by atoms with Gasteiger partial charge in [-0.05, 0) is 72.4 Å². The lowest BCUT2D eigenvalue weighted by molar-refractivity contribution is 0.0957. The predicted molar refractivity (Wildman–Crippen MR) is 187 cm³/mol. The third-order valence-corrected chi connectivity index (χ3v) is 8.10. The van der Waals surface area contributed by atoms with Crippen LogP contribution in [-0.4, -0.2) is 54.0 Å². The maximum absolute atomic E-state index is 12.3. The maximum Gasteiger partial charge on any atom is 0.251 e. The minimum absolute atomic E-state index is 0.0918. The molecule has 4 rings (SSSR count). The second kappa shape index (κ2) is 15.6. The van der Waals surface area contributed by atoms with Gasteiger partial charge in [0.1, 0.15) is 17.9 Å². The Balaban J connectivity index is 0.000000244. The van der Waals surface area contributed by atoms with E-state index >= 15 is 0 Å². The van der Waals surface area contributed by atoms with E-state index < -0.39 is 0 Å². The second-order valence-corrected chi connectivity index (χ2v) is 12.8. The number of carbonyl (C=O) groups is 2. The van der Waals surface area contributed by atoms with Gasteiger partial charge in [-0.15, -0.1) is 0 Å². The molecular weight excluding hydrogens is 542 g/mol. The number of amides is 1. The molecule has 0 aromatic heterocycles. The largest absolute Gasteiger partial charge is 0.355 e. The minimum atomic E-state index is -0.147. The molecule has 0 bridgehead atoms. The van der Waals surface area contributed by atoms with E-state index in [1.165, 1.54) is 28.1 Å². The normalized spacial score (nSPS) is 11.4. The fourth-order valence-electron chi connectivity index (χ4n) is 5.03. The zero-order valence-electron chi connectivity index (χ0n) is 28.0. The highest BCUT2D eigenvalue weighted by molar-refractivity contribution is 5.98. The van der Waals surface area contributed by atoms with E-state index in [0.717, 1.165) is 33.9 Å². The van der Waals surface area contributed by atoms with Crippen molar-refractivity contribution in [2.24, 2.45) is 0 Å². The van der Waals surface area contributed by atoms with Crippen LogP contribution in [0.3, 0.4) is 0 Å². The Morgan fingerprint density at radius 2 is 1.00 bits per heavy atom. The van der Waals surface area contributed by atoms with Gasteiger partial charge in [-0.3, -0.25) is 18.6 Å². The van der Waals surface area contributed by atoms with Crippen LogP contribution in [0, 0.1) is 0 Å². The lowest BCUT2D eigenvalue weighted by Crippen LogP contribution is -2.39. The number of benzene rings is 4. The summed E-state index contributed by atoms with van der Waals surface area (Å²) >= 11 is 0. The van der Waals surface area contributed by atoms with Crippen LogP contribution in [0.1, 0.15) is 63.2 Å². The predicted octanol–water partition coefficient (Wildman–Crippen LogP) is 7.64. The van der Waals surface area contributed by atoms with Gasteiger partial charge in [-0.25, -0.2) is 0 Å². The molecule has 0 aliphatic carbocycles. The quantitative estimate of drug-likeness (QED) is 0.144. The van der Waals surface area contributed by atoms with E-state index in [-0.39, 0.29) is 11.7 Å². The summed E-state index contributed by atoms with van der Waals surface area (Å²) in [5.41, 5.74) is 9.16. The van der Waals surface area contributed by atoms with E-state index in [4.69, 9.17) is 0 Å². The molecule has 1 N–H and O–H groups in total. The van der Waals surface area contributed by atoms with Crippen molar-refractivity contribution in [3.8, 4) is 0 Å². The molecule has 5 nitrogen and oxygen atoms in total. The fourth-order valence-corrected chi connectivity index (χ4v) is 5.03. The van der Waals surface area contributed by atoms with Gasteiger partial charge in [0.15, 0.2) is 5.78 Å². The molecule has 0 atom stereocenters. The van der Waals surface area contributed by atoms with Gasteiger partial charge in [0, 0.05) is 30.2 Å². The van der Waals surface area contributed by atoms with Crippen LogP contribution in [0.4, 0.5) is 11.4 Å². The number of ketones is 1. The summed E-state index contributed by atoms with van der Waals surface area (Å²) in [5.74, 6) is -0.0551. The number of nitrogens with zero attached hydrogens (tertiary/aromatic N) is 2. The van der Waals surface area contributed by atoms with Crippen molar-refractivity contribution in [2.45, 2.75) is 46.1 Å². The molecule has 0 aliphatic heterocycles. The lowest BCUT2D eigenvalue weighted by Gasteiger charge is -2.29. The van der Waals surface area contributed by atoms with Gasteiger partial charge in [0.05, 0.1) is 35.2 Å². The van der Waals surface area contributed by atoms with Gasteiger partial charge in [-0.2, -0.15) is 0 Å². The molecule has 4 aromatic carbocycles. The number of aryl methyl sites for hydroxylation is 3. The van der Waals surface area contributed by atoms with Gasteiger partial charge < -0.3 is 5.32 Å². The summed E-state index contributed by atoms with van der Waals surface area (Å²) in [4.78, 5) is 23.8. The smallest absolute Gasteiger partial charge is 0.251 e. The number of hydrogen-bond donors (Lipinski definition) is 1. The Labute approximate surface area is 265 Å². The van der Waals surface area contributed by atoms with Crippen LogP contribution in [0.2, 0.25) is 0 Å². The topological polar surface area (TPSA) is 46.2 Å². The van der Waals surface area contributed by atoms with Crippen molar-refractivity contribution >= 4 is 23.1 Å². The number of Topliss-reactive ketones (excluding diaryl/α,β-unsaturated/α-hetero) is 1. The number of rotatable bonds is 11. The average Bonchev–Trinajstić information content (AvgIpc) is 3.03.